The number of aromatic nitrogens is 4. The summed E-state index contributed by atoms with van der Waals surface area (Å²) in [6.07, 6.45) is 2.03. The van der Waals surface area contributed by atoms with Gasteiger partial charge in [-0.3, -0.25) is 4.68 Å². The first-order chi connectivity index (χ1) is 9.52. The zero-order valence-electron chi connectivity index (χ0n) is 12.1. The van der Waals surface area contributed by atoms with Gasteiger partial charge in [-0.05, 0) is 20.3 Å². The Morgan fingerprint density at radius 1 is 1.40 bits per heavy atom. The third kappa shape index (κ3) is 2.87. The highest BCUT2D eigenvalue weighted by molar-refractivity contribution is 5.37. The normalized spacial score (nSPS) is 10.7. The maximum Gasteiger partial charge on any atom is 0.261 e. The highest BCUT2D eigenvalue weighted by Crippen LogP contribution is 2.28. The Balaban J connectivity index is 2.28. The molecule has 0 atom stereocenters. The van der Waals surface area contributed by atoms with Gasteiger partial charge in [0.25, 0.3) is 5.88 Å². The van der Waals surface area contributed by atoms with E-state index in [0.29, 0.717) is 17.4 Å². The van der Waals surface area contributed by atoms with E-state index in [0.717, 1.165) is 24.9 Å². The second-order valence-corrected chi connectivity index (χ2v) is 4.50. The van der Waals surface area contributed by atoms with Crippen LogP contribution in [0.3, 0.4) is 0 Å². The van der Waals surface area contributed by atoms with Gasteiger partial charge in [-0.1, -0.05) is 6.92 Å². The molecular formula is C13H18FN5O. The van der Waals surface area contributed by atoms with Crippen molar-refractivity contribution >= 4 is 5.95 Å². The Morgan fingerprint density at radius 2 is 2.15 bits per heavy atom. The van der Waals surface area contributed by atoms with Crippen LogP contribution in [0.2, 0.25) is 0 Å². The third-order valence-corrected chi connectivity index (χ3v) is 2.89. The second kappa shape index (κ2) is 5.85. The molecule has 2 heterocycles. The van der Waals surface area contributed by atoms with E-state index in [1.807, 2.05) is 13.8 Å². The highest BCUT2D eigenvalue weighted by atomic mass is 19.1. The lowest BCUT2D eigenvalue weighted by Crippen LogP contribution is -2.06. The van der Waals surface area contributed by atoms with Gasteiger partial charge in [-0.15, -0.1) is 0 Å². The number of ether oxygens (including phenoxy) is 1. The first kappa shape index (κ1) is 14.2. The fourth-order valence-corrected chi connectivity index (χ4v) is 1.74. The molecule has 0 aliphatic carbocycles. The first-order valence-corrected chi connectivity index (χ1v) is 6.47. The fourth-order valence-electron chi connectivity index (χ4n) is 1.74. The summed E-state index contributed by atoms with van der Waals surface area (Å²) < 4.78 is 21.0. The lowest BCUT2D eigenvalue weighted by Gasteiger charge is -2.08. The van der Waals surface area contributed by atoms with Crippen molar-refractivity contribution in [2.24, 2.45) is 7.05 Å². The van der Waals surface area contributed by atoms with Crippen LogP contribution in [0.5, 0.6) is 11.6 Å². The Hall–Kier alpha value is -2.18. The Labute approximate surface area is 117 Å². The number of rotatable bonds is 5. The smallest absolute Gasteiger partial charge is 0.261 e. The molecule has 0 aliphatic heterocycles. The lowest BCUT2D eigenvalue weighted by molar-refractivity contribution is 0.415. The minimum atomic E-state index is -0.602. The zero-order valence-corrected chi connectivity index (χ0v) is 12.1. The monoisotopic (exact) mass is 279 g/mol. The summed E-state index contributed by atoms with van der Waals surface area (Å²) in [7, 11) is 1.81. The van der Waals surface area contributed by atoms with E-state index in [1.54, 1.807) is 18.7 Å². The van der Waals surface area contributed by atoms with Crippen LogP contribution in [0.4, 0.5) is 10.3 Å². The predicted octanol–water partition coefficient (Wildman–Crippen LogP) is 2.58. The predicted molar refractivity (Wildman–Crippen MR) is 73.5 cm³/mol. The summed E-state index contributed by atoms with van der Waals surface area (Å²) in [5.74, 6) is 0.168. The van der Waals surface area contributed by atoms with E-state index >= 15 is 0 Å². The molecular weight excluding hydrogens is 261 g/mol. The number of aryl methyl sites for hydroxylation is 2. The van der Waals surface area contributed by atoms with Crippen LogP contribution < -0.4 is 10.1 Å². The average Bonchev–Trinajstić information content (AvgIpc) is 2.66. The number of anilines is 1. The van der Waals surface area contributed by atoms with Crippen molar-refractivity contribution in [3.05, 3.63) is 23.4 Å². The lowest BCUT2D eigenvalue weighted by atomic mass is 10.3. The van der Waals surface area contributed by atoms with E-state index in [9.17, 15) is 4.39 Å². The summed E-state index contributed by atoms with van der Waals surface area (Å²) in [4.78, 5) is 7.91. The van der Waals surface area contributed by atoms with Gasteiger partial charge in [0.15, 0.2) is 5.75 Å². The van der Waals surface area contributed by atoms with Crippen molar-refractivity contribution in [3.63, 3.8) is 0 Å². The first-order valence-electron chi connectivity index (χ1n) is 6.47. The average molecular weight is 279 g/mol. The molecule has 0 fully saturated rings. The van der Waals surface area contributed by atoms with Crippen molar-refractivity contribution in [2.45, 2.75) is 27.2 Å². The van der Waals surface area contributed by atoms with Gasteiger partial charge in [0.2, 0.25) is 11.8 Å². The Kier molecular flexibility index (Phi) is 4.16. The van der Waals surface area contributed by atoms with Crippen molar-refractivity contribution in [3.8, 4) is 11.6 Å². The summed E-state index contributed by atoms with van der Waals surface area (Å²) in [6.45, 7) is 6.40. The van der Waals surface area contributed by atoms with Crippen LogP contribution in [0, 0.1) is 19.7 Å². The minimum absolute atomic E-state index is 0.0993. The maximum atomic E-state index is 13.7. The minimum Gasteiger partial charge on any atom is -0.432 e. The molecule has 0 radical (unpaired) electrons. The maximum absolute atomic E-state index is 13.7. The van der Waals surface area contributed by atoms with Gasteiger partial charge in [0.1, 0.15) is 5.69 Å². The molecule has 0 unspecified atom stereocenters. The SMILES string of the molecule is CCCNc1ncc(F)c(Oc2c(C)nn(C)c2C)n1. The number of nitrogens with zero attached hydrogens (tertiary/aromatic N) is 4. The largest absolute Gasteiger partial charge is 0.432 e. The van der Waals surface area contributed by atoms with Gasteiger partial charge >= 0.3 is 0 Å². The topological polar surface area (TPSA) is 64.9 Å². The quantitative estimate of drug-likeness (QED) is 0.911. The summed E-state index contributed by atoms with van der Waals surface area (Å²) in [6, 6.07) is 0. The van der Waals surface area contributed by atoms with E-state index < -0.39 is 5.82 Å². The number of hydrogen-bond donors (Lipinski definition) is 1. The molecule has 0 saturated heterocycles. The molecule has 108 valence electrons. The van der Waals surface area contributed by atoms with Gasteiger partial charge < -0.3 is 10.1 Å². The van der Waals surface area contributed by atoms with Crippen LogP contribution in [0.25, 0.3) is 0 Å². The van der Waals surface area contributed by atoms with Crippen molar-refractivity contribution in [2.75, 3.05) is 11.9 Å². The van der Waals surface area contributed by atoms with Crippen molar-refractivity contribution in [1.29, 1.82) is 0 Å². The number of nitrogens with one attached hydrogen (secondary N) is 1. The van der Waals surface area contributed by atoms with Crippen LogP contribution in [-0.4, -0.2) is 26.3 Å². The summed E-state index contributed by atoms with van der Waals surface area (Å²) in [5, 5.41) is 7.21. The molecule has 2 aromatic heterocycles. The van der Waals surface area contributed by atoms with Crippen LogP contribution in [0.1, 0.15) is 24.7 Å². The molecule has 0 saturated carbocycles. The molecule has 20 heavy (non-hydrogen) atoms. The number of halogens is 1. The van der Waals surface area contributed by atoms with Crippen LogP contribution >= 0.6 is 0 Å². The van der Waals surface area contributed by atoms with Gasteiger partial charge in [-0.2, -0.15) is 14.5 Å². The number of hydrogen-bond acceptors (Lipinski definition) is 5. The second-order valence-electron chi connectivity index (χ2n) is 4.50. The molecule has 0 spiro atoms. The van der Waals surface area contributed by atoms with E-state index in [4.69, 9.17) is 4.74 Å². The molecule has 1 N–H and O–H groups in total. The standard InChI is InChI=1S/C13H18FN5O/c1-5-6-15-13-16-7-10(14)12(17-13)20-11-8(2)18-19(4)9(11)3/h7H,5-6H2,1-4H3,(H,15,16,17). The molecule has 0 amide bonds. The molecule has 0 bridgehead atoms. The van der Waals surface area contributed by atoms with Crippen LogP contribution in [0.15, 0.2) is 6.20 Å². The zero-order chi connectivity index (χ0) is 14.7. The Bertz CT molecular complexity index is 611. The molecule has 2 rings (SSSR count). The summed E-state index contributed by atoms with van der Waals surface area (Å²) in [5.41, 5.74) is 1.50. The molecule has 6 nitrogen and oxygen atoms in total. The third-order valence-electron chi connectivity index (χ3n) is 2.89. The highest BCUT2D eigenvalue weighted by Gasteiger charge is 2.16. The van der Waals surface area contributed by atoms with Gasteiger partial charge in [-0.25, -0.2) is 4.98 Å². The fraction of sp³-hybridized carbons (Fsp3) is 0.462. The van der Waals surface area contributed by atoms with Crippen LogP contribution in [-0.2, 0) is 7.05 Å². The summed E-state index contributed by atoms with van der Waals surface area (Å²) >= 11 is 0. The van der Waals surface area contributed by atoms with E-state index in [-0.39, 0.29) is 5.88 Å². The molecule has 2 aromatic rings. The molecule has 7 heteroatoms. The molecule has 0 aliphatic rings. The van der Waals surface area contributed by atoms with E-state index in [1.165, 1.54) is 0 Å². The van der Waals surface area contributed by atoms with E-state index in [2.05, 4.69) is 20.4 Å². The Morgan fingerprint density at radius 3 is 2.75 bits per heavy atom. The van der Waals surface area contributed by atoms with Gasteiger partial charge in [0, 0.05) is 13.6 Å². The van der Waals surface area contributed by atoms with Gasteiger partial charge in [0.05, 0.1) is 11.9 Å². The molecule has 0 aromatic carbocycles. The van der Waals surface area contributed by atoms with Crippen molar-refractivity contribution < 1.29 is 9.13 Å². The van der Waals surface area contributed by atoms with Crippen molar-refractivity contribution in [1.82, 2.24) is 19.7 Å².